The molecule has 29 heavy (non-hydrogen) atoms. The van der Waals surface area contributed by atoms with E-state index >= 15 is 0 Å². The molecule has 0 saturated carbocycles. The van der Waals surface area contributed by atoms with Crippen molar-refractivity contribution in [3.63, 3.8) is 0 Å². The predicted molar refractivity (Wildman–Crippen MR) is 115 cm³/mol. The summed E-state index contributed by atoms with van der Waals surface area (Å²) in [6, 6.07) is 18.1. The standard InChI is InChI=1S/C23H22ClNO4/c1-2-29-21-14-13-20(18-6-3-4-7-19(18)21)25(15-5-8-22(26)27)23(28)16-9-11-17(24)12-10-16/h3-4,6-7,9-14H,2,5,8,15H2,1H3,(H,26,27). The summed E-state index contributed by atoms with van der Waals surface area (Å²) in [4.78, 5) is 25.9. The highest BCUT2D eigenvalue weighted by molar-refractivity contribution is 6.30. The van der Waals surface area contributed by atoms with Crippen LogP contribution < -0.4 is 9.64 Å². The minimum absolute atomic E-state index is 0.0145. The van der Waals surface area contributed by atoms with Crippen LogP contribution in [-0.2, 0) is 4.79 Å². The minimum atomic E-state index is -0.888. The average molecular weight is 412 g/mol. The molecule has 0 heterocycles. The molecule has 3 aromatic rings. The van der Waals surface area contributed by atoms with Gasteiger partial charge in [0.2, 0.25) is 0 Å². The molecule has 0 saturated heterocycles. The Kier molecular flexibility index (Phi) is 6.73. The molecule has 1 amide bonds. The zero-order valence-corrected chi connectivity index (χ0v) is 16.9. The number of nitrogens with zero attached hydrogens (tertiary/aromatic N) is 1. The Morgan fingerprint density at radius 1 is 1.00 bits per heavy atom. The Morgan fingerprint density at radius 3 is 2.34 bits per heavy atom. The first-order chi connectivity index (χ1) is 14.0. The van der Waals surface area contributed by atoms with E-state index < -0.39 is 5.97 Å². The highest BCUT2D eigenvalue weighted by Gasteiger charge is 2.21. The lowest BCUT2D eigenvalue weighted by atomic mass is 10.1. The Labute approximate surface area is 174 Å². The molecule has 6 heteroatoms. The number of ether oxygens (including phenoxy) is 1. The van der Waals surface area contributed by atoms with Crippen molar-refractivity contribution in [2.75, 3.05) is 18.1 Å². The summed E-state index contributed by atoms with van der Waals surface area (Å²) in [5.41, 5.74) is 1.21. The number of carbonyl (C=O) groups excluding carboxylic acids is 1. The summed E-state index contributed by atoms with van der Waals surface area (Å²) in [5.74, 6) is -0.349. The van der Waals surface area contributed by atoms with Gasteiger partial charge in [0.25, 0.3) is 5.91 Å². The first-order valence-electron chi connectivity index (χ1n) is 9.45. The number of amides is 1. The van der Waals surface area contributed by atoms with Crippen molar-refractivity contribution in [2.24, 2.45) is 0 Å². The predicted octanol–water partition coefficient (Wildman–Crippen LogP) is 5.40. The van der Waals surface area contributed by atoms with E-state index in [-0.39, 0.29) is 18.9 Å². The number of rotatable bonds is 8. The van der Waals surface area contributed by atoms with E-state index in [9.17, 15) is 9.59 Å². The molecule has 3 aromatic carbocycles. The summed E-state index contributed by atoms with van der Waals surface area (Å²) >= 11 is 5.95. The van der Waals surface area contributed by atoms with Crippen molar-refractivity contribution in [2.45, 2.75) is 19.8 Å². The average Bonchev–Trinajstić information content (AvgIpc) is 2.72. The second-order valence-corrected chi connectivity index (χ2v) is 6.96. The lowest BCUT2D eigenvalue weighted by Gasteiger charge is -2.25. The minimum Gasteiger partial charge on any atom is -0.493 e. The molecular weight excluding hydrogens is 390 g/mol. The number of carbonyl (C=O) groups is 2. The summed E-state index contributed by atoms with van der Waals surface area (Å²) < 4.78 is 5.73. The Balaban J connectivity index is 2.05. The maximum Gasteiger partial charge on any atom is 0.303 e. The van der Waals surface area contributed by atoms with Gasteiger partial charge < -0.3 is 14.7 Å². The third kappa shape index (κ3) is 4.87. The SMILES string of the molecule is CCOc1ccc(N(CCCC(=O)O)C(=O)c2ccc(Cl)cc2)c2ccccc12. The van der Waals surface area contributed by atoms with Gasteiger partial charge in [-0.25, -0.2) is 0 Å². The Hall–Kier alpha value is -3.05. The van der Waals surface area contributed by atoms with E-state index in [0.29, 0.717) is 23.6 Å². The molecule has 0 fully saturated rings. The van der Waals surface area contributed by atoms with Crippen LogP contribution in [0, 0.1) is 0 Å². The number of benzene rings is 3. The van der Waals surface area contributed by atoms with Crippen molar-refractivity contribution in [3.05, 3.63) is 71.2 Å². The molecule has 0 spiro atoms. The van der Waals surface area contributed by atoms with Crippen molar-refractivity contribution < 1.29 is 19.4 Å². The van der Waals surface area contributed by atoms with E-state index in [1.807, 2.05) is 43.3 Å². The molecule has 5 nitrogen and oxygen atoms in total. The molecule has 0 aliphatic heterocycles. The number of carboxylic acid groups (broad SMARTS) is 1. The van der Waals surface area contributed by atoms with Crippen LogP contribution in [0.2, 0.25) is 5.02 Å². The van der Waals surface area contributed by atoms with Crippen LogP contribution in [0.25, 0.3) is 10.8 Å². The molecule has 0 aliphatic rings. The molecule has 1 N–H and O–H groups in total. The van der Waals surface area contributed by atoms with Crippen LogP contribution in [0.15, 0.2) is 60.7 Å². The molecule has 0 bridgehead atoms. The van der Waals surface area contributed by atoms with Gasteiger partial charge in [0.1, 0.15) is 5.75 Å². The fourth-order valence-electron chi connectivity index (χ4n) is 3.24. The highest BCUT2D eigenvalue weighted by atomic mass is 35.5. The summed E-state index contributed by atoms with van der Waals surface area (Å²) in [6.07, 6.45) is 0.329. The van der Waals surface area contributed by atoms with Crippen LogP contribution in [0.4, 0.5) is 5.69 Å². The maximum absolute atomic E-state index is 13.3. The Morgan fingerprint density at radius 2 is 1.69 bits per heavy atom. The van der Waals surface area contributed by atoms with Gasteiger partial charge in [-0.1, -0.05) is 35.9 Å². The molecule has 3 rings (SSSR count). The van der Waals surface area contributed by atoms with Crippen LogP contribution >= 0.6 is 11.6 Å². The van der Waals surface area contributed by atoms with Crippen LogP contribution in [0.1, 0.15) is 30.1 Å². The normalized spacial score (nSPS) is 10.7. The van der Waals surface area contributed by atoms with E-state index in [2.05, 4.69) is 0 Å². The van der Waals surface area contributed by atoms with Crippen molar-refractivity contribution in [1.29, 1.82) is 0 Å². The van der Waals surface area contributed by atoms with Gasteiger partial charge in [-0.05, 0) is 49.7 Å². The topological polar surface area (TPSA) is 66.8 Å². The second kappa shape index (κ2) is 9.43. The van der Waals surface area contributed by atoms with Crippen molar-refractivity contribution in [1.82, 2.24) is 0 Å². The molecule has 0 radical (unpaired) electrons. The quantitative estimate of drug-likeness (QED) is 0.538. The molecule has 0 aliphatic carbocycles. The van der Waals surface area contributed by atoms with E-state index in [1.54, 1.807) is 29.2 Å². The zero-order chi connectivity index (χ0) is 20.8. The van der Waals surface area contributed by atoms with Gasteiger partial charge in [0, 0.05) is 34.3 Å². The Bertz CT molecular complexity index is 1020. The van der Waals surface area contributed by atoms with Crippen molar-refractivity contribution in [3.8, 4) is 5.75 Å². The first-order valence-corrected chi connectivity index (χ1v) is 9.83. The largest absolute Gasteiger partial charge is 0.493 e. The van der Waals surface area contributed by atoms with Gasteiger partial charge in [-0.15, -0.1) is 0 Å². The maximum atomic E-state index is 13.3. The number of aliphatic carboxylic acids is 1. The summed E-state index contributed by atoms with van der Waals surface area (Å²) in [6.45, 7) is 2.74. The second-order valence-electron chi connectivity index (χ2n) is 6.52. The lowest BCUT2D eigenvalue weighted by Crippen LogP contribution is -2.32. The molecule has 0 atom stereocenters. The van der Waals surface area contributed by atoms with Crippen molar-refractivity contribution >= 4 is 39.9 Å². The van der Waals surface area contributed by atoms with Gasteiger partial charge in [-0.2, -0.15) is 0 Å². The fourth-order valence-corrected chi connectivity index (χ4v) is 3.37. The van der Waals surface area contributed by atoms with Crippen LogP contribution in [0.3, 0.4) is 0 Å². The lowest BCUT2D eigenvalue weighted by molar-refractivity contribution is -0.137. The van der Waals surface area contributed by atoms with E-state index in [4.69, 9.17) is 21.4 Å². The fraction of sp³-hybridized carbons (Fsp3) is 0.217. The molecule has 0 aromatic heterocycles. The van der Waals surface area contributed by atoms with E-state index in [0.717, 1.165) is 22.2 Å². The van der Waals surface area contributed by atoms with Crippen LogP contribution in [0.5, 0.6) is 5.75 Å². The highest BCUT2D eigenvalue weighted by Crippen LogP contribution is 2.34. The van der Waals surface area contributed by atoms with Gasteiger partial charge in [0.05, 0.1) is 12.3 Å². The van der Waals surface area contributed by atoms with Gasteiger partial charge >= 0.3 is 5.97 Å². The summed E-state index contributed by atoms with van der Waals surface area (Å²) in [5, 5.41) is 11.3. The number of fused-ring (bicyclic) bond motifs is 1. The summed E-state index contributed by atoms with van der Waals surface area (Å²) in [7, 11) is 0. The first kappa shape index (κ1) is 20.7. The number of carboxylic acids is 1. The monoisotopic (exact) mass is 411 g/mol. The van der Waals surface area contributed by atoms with Crippen LogP contribution in [-0.4, -0.2) is 30.1 Å². The third-order valence-electron chi connectivity index (χ3n) is 4.56. The number of anilines is 1. The third-order valence-corrected chi connectivity index (χ3v) is 4.81. The number of hydrogen-bond donors (Lipinski definition) is 1. The molecule has 0 unspecified atom stereocenters. The molecular formula is C23H22ClNO4. The number of hydrogen-bond acceptors (Lipinski definition) is 3. The smallest absolute Gasteiger partial charge is 0.303 e. The molecule has 150 valence electrons. The van der Waals surface area contributed by atoms with Gasteiger partial charge in [-0.3, -0.25) is 9.59 Å². The van der Waals surface area contributed by atoms with E-state index in [1.165, 1.54) is 0 Å². The van der Waals surface area contributed by atoms with Gasteiger partial charge in [0.15, 0.2) is 0 Å². The zero-order valence-electron chi connectivity index (χ0n) is 16.1. The number of halogens is 1.